The molecule has 0 radical (unpaired) electrons. The van der Waals surface area contributed by atoms with Crippen LogP contribution in [0.4, 0.5) is 0 Å². The van der Waals surface area contributed by atoms with Crippen molar-refractivity contribution in [3.8, 4) is 11.5 Å². The van der Waals surface area contributed by atoms with Crippen LogP contribution in [0.5, 0.6) is 11.5 Å². The first-order valence-corrected chi connectivity index (χ1v) is 31.2. The second kappa shape index (κ2) is 22.0. The van der Waals surface area contributed by atoms with Gasteiger partial charge >= 0.3 is 11.9 Å². The quantitative estimate of drug-likeness (QED) is 0.137. The third-order valence-electron chi connectivity index (χ3n) is 24.1. The van der Waals surface area contributed by atoms with Crippen molar-refractivity contribution in [1.29, 1.82) is 0 Å². The number of hydrogen-bond donors (Lipinski definition) is 0. The standard InChI is InChI=1S/C66H106O6/c1-13-69-61(67)49-37-56(72-58-40-54-48-30-28-46-26-16-18-34-64(46,10)52(48)32-36-66(54,12)60(58)44(8)24-20-22-42(5)6)50(62(68)70-14-2)38-55(49)71-57-39-53-47-29-27-45-25-15-17-33-63(45,9)51(47)31-35-65(53,11)59(57)43(7)23-19-21-41(3)4/h37-38,41-48,51-54,57-60H,13-36,39-40H2,1-12H3/t43-,44-,45?,46?,47-,48-,51+,52+,53+,54+,57?,58?,59+,60+,63+,64+,65+,66+/m1/s1. The van der Waals surface area contributed by atoms with Crippen LogP contribution in [0.25, 0.3) is 0 Å². The van der Waals surface area contributed by atoms with E-state index in [1.54, 1.807) is 0 Å². The molecule has 9 rings (SSSR count). The largest absolute Gasteiger partial charge is 0.489 e. The molecule has 0 aliphatic heterocycles. The lowest BCUT2D eigenvalue weighted by molar-refractivity contribution is -0.115. The number of carbonyl (C=O) groups excluding carboxylic acids is 2. The molecule has 6 nitrogen and oxygen atoms in total. The fraction of sp³-hybridized carbons (Fsp3) is 0.879. The van der Waals surface area contributed by atoms with Crippen molar-refractivity contribution >= 4 is 11.9 Å². The Morgan fingerprint density at radius 1 is 0.500 bits per heavy atom. The lowest BCUT2D eigenvalue weighted by Gasteiger charge is -2.60. The van der Waals surface area contributed by atoms with Crippen molar-refractivity contribution in [3.05, 3.63) is 23.3 Å². The zero-order valence-corrected chi connectivity index (χ0v) is 48.2. The average Bonchev–Trinajstić information content (AvgIpc) is 3.80. The van der Waals surface area contributed by atoms with Gasteiger partial charge in [-0.05, 0) is 209 Å². The van der Waals surface area contributed by atoms with Gasteiger partial charge in [0.1, 0.15) is 34.8 Å². The van der Waals surface area contributed by atoms with Gasteiger partial charge in [-0.2, -0.15) is 0 Å². The molecule has 406 valence electrons. The van der Waals surface area contributed by atoms with Gasteiger partial charge in [-0.15, -0.1) is 0 Å². The minimum Gasteiger partial charge on any atom is -0.489 e. The van der Waals surface area contributed by atoms with Crippen molar-refractivity contribution in [2.24, 2.45) is 105 Å². The summed E-state index contributed by atoms with van der Waals surface area (Å²) in [5, 5.41) is 0. The summed E-state index contributed by atoms with van der Waals surface area (Å²) >= 11 is 0. The van der Waals surface area contributed by atoms with E-state index in [0.717, 1.165) is 36.5 Å². The third kappa shape index (κ3) is 10.0. The molecule has 0 bridgehead atoms. The van der Waals surface area contributed by atoms with E-state index < -0.39 is 11.9 Å². The van der Waals surface area contributed by atoms with Gasteiger partial charge in [0.25, 0.3) is 0 Å². The molecule has 1 aromatic rings. The van der Waals surface area contributed by atoms with E-state index in [2.05, 4.69) is 69.2 Å². The molecule has 4 unspecified atom stereocenters. The molecule has 6 heteroatoms. The topological polar surface area (TPSA) is 71.1 Å². The molecule has 0 saturated heterocycles. The summed E-state index contributed by atoms with van der Waals surface area (Å²) in [5.74, 6) is 9.07. The molecule has 0 aromatic heterocycles. The highest BCUT2D eigenvalue weighted by atomic mass is 16.5. The van der Waals surface area contributed by atoms with Gasteiger partial charge in [0.05, 0.1) is 13.2 Å². The van der Waals surface area contributed by atoms with Crippen molar-refractivity contribution < 1.29 is 28.5 Å². The molecular weight excluding hydrogens is 889 g/mol. The first-order valence-electron chi connectivity index (χ1n) is 31.2. The second-order valence-electron chi connectivity index (χ2n) is 28.6. The number of carbonyl (C=O) groups is 2. The first-order chi connectivity index (χ1) is 34.4. The number of esters is 2. The summed E-state index contributed by atoms with van der Waals surface area (Å²) in [4.78, 5) is 29.1. The maximum Gasteiger partial charge on any atom is 0.342 e. The van der Waals surface area contributed by atoms with Crippen LogP contribution in [-0.4, -0.2) is 37.4 Å². The molecule has 72 heavy (non-hydrogen) atoms. The van der Waals surface area contributed by atoms with E-state index >= 15 is 0 Å². The Labute approximate surface area is 440 Å². The molecule has 0 N–H and O–H groups in total. The SMILES string of the molecule is CCOC(=O)c1cc(OC2C[C@H]3[C@@H]4CCC5CCCC[C@]5(C)[C@H]4CC[C@]3(C)[C@H]2[C@H](C)CCCC(C)C)c(C(=O)OCC)cc1OC1C[C@H]2[C@@H]3CCC4CCCC[C@]4(C)[C@H]3CC[C@]2(C)[C@H]1[C@H](C)CCCC(C)C. The summed E-state index contributed by atoms with van der Waals surface area (Å²) in [6, 6.07) is 3.74. The molecule has 1 aromatic carbocycles. The molecule has 0 spiro atoms. The Bertz CT molecular complexity index is 1880. The molecule has 8 aliphatic rings. The third-order valence-corrected chi connectivity index (χ3v) is 24.1. The van der Waals surface area contributed by atoms with E-state index in [4.69, 9.17) is 18.9 Å². The number of fused-ring (bicyclic) bond motifs is 10. The minimum absolute atomic E-state index is 0.0669. The van der Waals surface area contributed by atoms with Gasteiger partial charge < -0.3 is 18.9 Å². The van der Waals surface area contributed by atoms with Crippen LogP contribution >= 0.6 is 0 Å². The maximum atomic E-state index is 14.6. The van der Waals surface area contributed by atoms with Crippen LogP contribution in [-0.2, 0) is 9.47 Å². The lowest BCUT2D eigenvalue weighted by Crippen LogP contribution is -2.53. The van der Waals surface area contributed by atoms with Gasteiger partial charge in [-0.25, -0.2) is 9.59 Å². The summed E-state index contributed by atoms with van der Waals surface area (Å²) in [6.45, 7) is 29.4. The molecule has 18 atom stereocenters. The highest BCUT2D eigenvalue weighted by Gasteiger charge is 2.65. The van der Waals surface area contributed by atoms with E-state index in [0.29, 0.717) is 92.6 Å². The van der Waals surface area contributed by atoms with Crippen LogP contribution in [0.3, 0.4) is 0 Å². The van der Waals surface area contributed by atoms with Gasteiger partial charge in [0.15, 0.2) is 0 Å². The van der Waals surface area contributed by atoms with Crippen molar-refractivity contribution in [2.45, 2.75) is 249 Å². The normalized spacial score (nSPS) is 41.0. The Morgan fingerprint density at radius 3 is 1.28 bits per heavy atom. The van der Waals surface area contributed by atoms with E-state index in [1.165, 1.54) is 141 Å². The fourth-order valence-corrected chi connectivity index (χ4v) is 20.8. The zero-order chi connectivity index (χ0) is 51.3. The Balaban J connectivity index is 1.08. The van der Waals surface area contributed by atoms with Crippen LogP contribution in [0, 0.1) is 105 Å². The van der Waals surface area contributed by atoms with Gasteiger partial charge in [0.2, 0.25) is 0 Å². The predicted molar refractivity (Wildman–Crippen MR) is 293 cm³/mol. The highest BCUT2D eigenvalue weighted by Crippen LogP contribution is 2.71. The summed E-state index contributed by atoms with van der Waals surface area (Å²) in [7, 11) is 0. The number of ether oxygens (including phenoxy) is 4. The first kappa shape index (κ1) is 54.5. The maximum absolute atomic E-state index is 14.6. The second-order valence-corrected chi connectivity index (χ2v) is 28.6. The lowest BCUT2D eigenvalue weighted by atomic mass is 9.44. The predicted octanol–water partition coefficient (Wildman–Crippen LogP) is 17.8. The van der Waals surface area contributed by atoms with Crippen molar-refractivity contribution in [2.75, 3.05) is 13.2 Å². The minimum atomic E-state index is -0.398. The molecule has 0 heterocycles. The Morgan fingerprint density at radius 2 is 0.903 bits per heavy atom. The molecule has 8 aliphatic carbocycles. The van der Waals surface area contributed by atoms with Crippen LogP contribution in [0.1, 0.15) is 258 Å². The smallest absolute Gasteiger partial charge is 0.342 e. The Kier molecular flexibility index (Phi) is 16.7. The highest BCUT2D eigenvalue weighted by molar-refractivity contribution is 5.98. The molecular formula is C66H106O6. The van der Waals surface area contributed by atoms with Crippen molar-refractivity contribution in [1.82, 2.24) is 0 Å². The van der Waals surface area contributed by atoms with E-state index in [1.807, 2.05) is 26.0 Å². The fourth-order valence-electron chi connectivity index (χ4n) is 20.8. The van der Waals surface area contributed by atoms with E-state index in [9.17, 15) is 9.59 Å². The van der Waals surface area contributed by atoms with E-state index in [-0.39, 0.29) is 36.3 Å². The number of rotatable bonds is 18. The average molecular weight is 996 g/mol. The number of benzene rings is 1. The molecule has 8 saturated carbocycles. The van der Waals surface area contributed by atoms with Gasteiger partial charge in [-0.1, -0.05) is 133 Å². The zero-order valence-electron chi connectivity index (χ0n) is 48.2. The van der Waals surface area contributed by atoms with Gasteiger partial charge in [0, 0.05) is 11.8 Å². The van der Waals surface area contributed by atoms with Gasteiger partial charge in [-0.3, -0.25) is 0 Å². The molecule has 0 amide bonds. The van der Waals surface area contributed by atoms with Crippen LogP contribution in [0.15, 0.2) is 12.1 Å². The number of hydrogen-bond acceptors (Lipinski definition) is 6. The van der Waals surface area contributed by atoms with Crippen LogP contribution < -0.4 is 9.47 Å². The molecule has 8 fully saturated rings. The Hall–Kier alpha value is -2.24. The van der Waals surface area contributed by atoms with Crippen molar-refractivity contribution in [3.63, 3.8) is 0 Å². The monoisotopic (exact) mass is 995 g/mol. The van der Waals surface area contributed by atoms with Crippen LogP contribution in [0.2, 0.25) is 0 Å². The summed E-state index contributed by atoms with van der Waals surface area (Å²) in [5.41, 5.74) is 2.00. The summed E-state index contributed by atoms with van der Waals surface area (Å²) in [6.07, 6.45) is 31.0. The summed E-state index contributed by atoms with van der Waals surface area (Å²) < 4.78 is 27.0.